The molecule has 0 radical (unpaired) electrons. The Morgan fingerprint density at radius 2 is 2.29 bits per heavy atom. The number of methoxy groups -OCH3 is 1. The summed E-state index contributed by atoms with van der Waals surface area (Å²) in [6, 6.07) is 5.93. The van der Waals surface area contributed by atoms with Crippen LogP contribution in [0, 0.1) is 5.82 Å². The number of carbonyl (C=O) groups excluding carboxylic acids is 2. The van der Waals surface area contributed by atoms with E-state index in [9.17, 15) is 14.0 Å². The van der Waals surface area contributed by atoms with E-state index in [4.69, 9.17) is 12.2 Å². The fourth-order valence-electron chi connectivity index (χ4n) is 1.75. The molecule has 1 fully saturated rings. The normalized spacial score (nSPS) is 16.7. The molecule has 1 aliphatic heterocycles. The van der Waals surface area contributed by atoms with Gasteiger partial charge in [0, 0.05) is 6.54 Å². The van der Waals surface area contributed by atoms with Crippen LogP contribution < -0.4 is 0 Å². The van der Waals surface area contributed by atoms with Gasteiger partial charge in [0.05, 0.1) is 18.4 Å². The average molecular weight is 325 g/mol. The maximum Gasteiger partial charge on any atom is 0.307 e. The van der Waals surface area contributed by atoms with Crippen molar-refractivity contribution in [1.29, 1.82) is 0 Å². The predicted octanol–water partition coefficient (Wildman–Crippen LogP) is 2.59. The maximum atomic E-state index is 13.1. The molecule has 1 saturated heterocycles. The molecule has 0 spiro atoms. The molecule has 1 heterocycles. The first-order valence-electron chi connectivity index (χ1n) is 6.09. The van der Waals surface area contributed by atoms with Gasteiger partial charge in [-0.15, -0.1) is 0 Å². The third kappa shape index (κ3) is 3.89. The van der Waals surface area contributed by atoms with Crippen LogP contribution in [0.1, 0.15) is 12.0 Å². The fourth-order valence-corrected chi connectivity index (χ4v) is 3.05. The van der Waals surface area contributed by atoms with Crippen molar-refractivity contribution in [3.63, 3.8) is 0 Å². The van der Waals surface area contributed by atoms with Crippen molar-refractivity contribution in [3.05, 3.63) is 40.6 Å². The first-order valence-corrected chi connectivity index (χ1v) is 7.31. The highest BCUT2D eigenvalue weighted by Crippen LogP contribution is 2.32. The molecule has 0 N–H and O–H groups in total. The predicted molar refractivity (Wildman–Crippen MR) is 82.9 cm³/mol. The molecule has 0 aromatic heterocycles. The molecule has 0 atom stereocenters. The van der Waals surface area contributed by atoms with Crippen molar-refractivity contribution < 1.29 is 18.7 Å². The van der Waals surface area contributed by atoms with Crippen LogP contribution in [0.15, 0.2) is 29.2 Å². The SMILES string of the molecule is COC(=O)CCN1C(=O)C(=Cc2cccc(F)c2)SC1=S. The monoisotopic (exact) mass is 325 g/mol. The second kappa shape index (κ2) is 6.82. The Morgan fingerprint density at radius 3 is 2.95 bits per heavy atom. The Kier molecular flexibility index (Phi) is 5.08. The zero-order valence-electron chi connectivity index (χ0n) is 11.2. The lowest BCUT2D eigenvalue weighted by molar-refractivity contribution is -0.140. The molecule has 1 amide bonds. The van der Waals surface area contributed by atoms with Gasteiger partial charge < -0.3 is 4.74 Å². The van der Waals surface area contributed by atoms with E-state index in [1.165, 1.54) is 24.1 Å². The van der Waals surface area contributed by atoms with Crippen LogP contribution in [0.3, 0.4) is 0 Å². The van der Waals surface area contributed by atoms with E-state index < -0.39 is 5.97 Å². The minimum atomic E-state index is -0.404. The Bertz CT molecular complexity index is 630. The van der Waals surface area contributed by atoms with Gasteiger partial charge in [0.2, 0.25) is 0 Å². The summed E-state index contributed by atoms with van der Waals surface area (Å²) in [5.74, 6) is -1.05. The zero-order chi connectivity index (χ0) is 15.4. The van der Waals surface area contributed by atoms with Crippen LogP contribution in [0.25, 0.3) is 6.08 Å². The Morgan fingerprint density at radius 1 is 1.52 bits per heavy atom. The summed E-state index contributed by atoms with van der Waals surface area (Å²) >= 11 is 6.26. The lowest BCUT2D eigenvalue weighted by atomic mass is 10.2. The Balaban J connectivity index is 2.12. The molecular formula is C14H12FNO3S2. The van der Waals surface area contributed by atoms with Gasteiger partial charge in [-0.25, -0.2) is 4.39 Å². The molecule has 1 aromatic rings. The molecule has 0 unspecified atom stereocenters. The highest BCUT2D eigenvalue weighted by atomic mass is 32.2. The lowest BCUT2D eigenvalue weighted by Crippen LogP contribution is -2.30. The number of thioether (sulfide) groups is 1. The molecule has 1 aromatic carbocycles. The van der Waals surface area contributed by atoms with Gasteiger partial charge in [0.15, 0.2) is 0 Å². The summed E-state index contributed by atoms with van der Waals surface area (Å²) in [6.07, 6.45) is 1.66. The molecule has 1 aliphatic rings. The summed E-state index contributed by atoms with van der Waals surface area (Å²) in [5, 5.41) is 0. The van der Waals surface area contributed by atoms with Crippen molar-refractivity contribution in [2.45, 2.75) is 6.42 Å². The van der Waals surface area contributed by atoms with E-state index in [0.29, 0.717) is 14.8 Å². The van der Waals surface area contributed by atoms with Crippen LogP contribution in [-0.2, 0) is 14.3 Å². The number of rotatable bonds is 4. The summed E-state index contributed by atoms with van der Waals surface area (Å²) in [4.78, 5) is 25.1. The zero-order valence-corrected chi connectivity index (χ0v) is 12.8. The third-order valence-electron chi connectivity index (χ3n) is 2.79. The van der Waals surface area contributed by atoms with Crippen molar-refractivity contribution in [2.24, 2.45) is 0 Å². The van der Waals surface area contributed by atoms with Gasteiger partial charge in [0.1, 0.15) is 10.1 Å². The number of amides is 1. The van der Waals surface area contributed by atoms with E-state index in [1.807, 2.05) is 0 Å². The van der Waals surface area contributed by atoms with Crippen LogP contribution in [0.4, 0.5) is 4.39 Å². The molecule has 4 nitrogen and oxygen atoms in total. The number of ether oxygens (including phenoxy) is 1. The highest BCUT2D eigenvalue weighted by molar-refractivity contribution is 8.26. The van der Waals surface area contributed by atoms with Crippen molar-refractivity contribution >= 4 is 46.3 Å². The van der Waals surface area contributed by atoms with Gasteiger partial charge in [-0.2, -0.15) is 0 Å². The standard InChI is InChI=1S/C14H12FNO3S2/c1-19-12(17)5-6-16-13(18)11(21-14(16)20)8-9-3-2-4-10(15)7-9/h2-4,7-8H,5-6H2,1H3. The van der Waals surface area contributed by atoms with Gasteiger partial charge >= 0.3 is 5.97 Å². The summed E-state index contributed by atoms with van der Waals surface area (Å²) in [7, 11) is 1.29. The summed E-state index contributed by atoms with van der Waals surface area (Å²) < 4.78 is 18.0. The smallest absolute Gasteiger partial charge is 0.307 e. The van der Waals surface area contributed by atoms with E-state index in [2.05, 4.69) is 4.74 Å². The Hall–Kier alpha value is -1.73. The number of nitrogens with zero attached hydrogens (tertiary/aromatic N) is 1. The Labute approximate surface area is 130 Å². The average Bonchev–Trinajstić information content (AvgIpc) is 2.71. The molecule has 2 rings (SSSR count). The molecule has 21 heavy (non-hydrogen) atoms. The van der Waals surface area contributed by atoms with E-state index >= 15 is 0 Å². The van der Waals surface area contributed by atoms with Crippen LogP contribution >= 0.6 is 24.0 Å². The fraction of sp³-hybridized carbons (Fsp3) is 0.214. The van der Waals surface area contributed by atoms with Crippen LogP contribution in [0.5, 0.6) is 0 Å². The molecule has 110 valence electrons. The van der Waals surface area contributed by atoms with E-state index in [1.54, 1.807) is 18.2 Å². The second-order valence-corrected chi connectivity index (χ2v) is 5.89. The number of halogens is 1. The van der Waals surface area contributed by atoms with Gasteiger partial charge in [-0.05, 0) is 23.8 Å². The number of hydrogen-bond acceptors (Lipinski definition) is 5. The quantitative estimate of drug-likeness (QED) is 0.484. The van der Waals surface area contributed by atoms with Crippen LogP contribution in [-0.4, -0.2) is 34.8 Å². The van der Waals surface area contributed by atoms with Crippen molar-refractivity contribution in [1.82, 2.24) is 4.90 Å². The largest absolute Gasteiger partial charge is 0.469 e. The second-order valence-electron chi connectivity index (χ2n) is 4.21. The molecular weight excluding hydrogens is 313 g/mol. The number of esters is 1. The third-order valence-corrected chi connectivity index (χ3v) is 4.17. The molecule has 0 aliphatic carbocycles. The lowest BCUT2D eigenvalue weighted by Gasteiger charge is -2.12. The first kappa shape index (κ1) is 15.7. The maximum absolute atomic E-state index is 13.1. The summed E-state index contributed by atoms with van der Waals surface area (Å²) in [5.41, 5.74) is 0.587. The van der Waals surface area contributed by atoms with Crippen LogP contribution in [0.2, 0.25) is 0 Å². The van der Waals surface area contributed by atoms with Crippen molar-refractivity contribution in [2.75, 3.05) is 13.7 Å². The van der Waals surface area contributed by atoms with Gasteiger partial charge in [0.25, 0.3) is 5.91 Å². The van der Waals surface area contributed by atoms with Crippen molar-refractivity contribution in [3.8, 4) is 0 Å². The topological polar surface area (TPSA) is 46.6 Å². The number of carbonyl (C=O) groups is 2. The number of benzene rings is 1. The van der Waals surface area contributed by atoms with Gasteiger partial charge in [-0.1, -0.05) is 36.1 Å². The molecule has 0 saturated carbocycles. The number of hydrogen-bond donors (Lipinski definition) is 0. The molecule has 7 heteroatoms. The highest BCUT2D eigenvalue weighted by Gasteiger charge is 2.32. The van der Waals surface area contributed by atoms with E-state index in [-0.39, 0.29) is 24.7 Å². The van der Waals surface area contributed by atoms with Gasteiger partial charge in [-0.3, -0.25) is 14.5 Å². The summed E-state index contributed by atoms with van der Waals surface area (Å²) in [6.45, 7) is 0.178. The molecule has 0 bridgehead atoms. The number of thiocarbonyl (C=S) groups is 1. The van der Waals surface area contributed by atoms with E-state index in [0.717, 1.165) is 11.8 Å². The first-order chi connectivity index (χ1) is 10.0. The minimum Gasteiger partial charge on any atom is -0.469 e. The minimum absolute atomic E-state index is 0.0795.